The molecule has 0 spiro atoms. The molecule has 8 heteroatoms. The predicted molar refractivity (Wildman–Crippen MR) is 82.1 cm³/mol. The molecule has 0 aromatic heterocycles. The molecule has 0 heterocycles. The van der Waals surface area contributed by atoms with Crippen LogP contribution in [0.5, 0.6) is 5.75 Å². The van der Waals surface area contributed by atoms with E-state index in [-0.39, 0.29) is 28.4 Å². The van der Waals surface area contributed by atoms with E-state index in [9.17, 15) is 18.4 Å². The fourth-order valence-electron chi connectivity index (χ4n) is 1.93. The van der Waals surface area contributed by atoms with Crippen molar-refractivity contribution in [2.24, 2.45) is 0 Å². The molecular formula is C16H12ClF2NO4. The lowest BCUT2D eigenvalue weighted by atomic mass is 10.1. The van der Waals surface area contributed by atoms with Crippen molar-refractivity contribution in [2.45, 2.75) is 6.54 Å². The number of hydrogen-bond donors (Lipinski definition) is 2. The van der Waals surface area contributed by atoms with Crippen LogP contribution in [-0.2, 0) is 11.3 Å². The Bertz CT molecular complexity index is 762. The van der Waals surface area contributed by atoms with Gasteiger partial charge in [0.15, 0.2) is 6.61 Å². The number of amides is 1. The average Bonchev–Trinajstić information content (AvgIpc) is 2.49. The van der Waals surface area contributed by atoms with E-state index in [1.807, 2.05) is 0 Å². The molecule has 2 aromatic carbocycles. The highest BCUT2D eigenvalue weighted by Crippen LogP contribution is 2.23. The first-order valence-electron chi connectivity index (χ1n) is 6.72. The Hall–Kier alpha value is -2.67. The summed E-state index contributed by atoms with van der Waals surface area (Å²) < 4.78 is 31.3. The Morgan fingerprint density at radius 2 is 1.79 bits per heavy atom. The van der Waals surface area contributed by atoms with E-state index in [1.165, 1.54) is 18.2 Å². The SMILES string of the molecule is O=C(O)COc1cc(Cl)ccc1C(=O)NCc1cc(F)cc(F)c1. The van der Waals surface area contributed by atoms with Crippen LogP contribution in [0, 0.1) is 11.6 Å². The molecule has 0 aliphatic heterocycles. The van der Waals surface area contributed by atoms with Gasteiger partial charge in [0.2, 0.25) is 0 Å². The number of carbonyl (C=O) groups is 2. The summed E-state index contributed by atoms with van der Waals surface area (Å²) in [6.07, 6.45) is 0. The van der Waals surface area contributed by atoms with Gasteiger partial charge in [-0.2, -0.15) is 0 Å². The van der Waals surface area contributed by atoms with Crippen molar-refractivity contribution in [1.82, 2.24) is 5.32 Å². The summed E-state index contributed by atoms with van der Waals surface area (Å²) in [4.78, 5) is 22.8. The van der Waals surface area contributed by atoms with Crippen molar-refractivity contribution in [2.75, 3.05) is 6.61 Å². The summed E-state index contributed by atoms with van der Waals surface area (Å²) in [6.45, 7) is -0.760. The first kappa shape index (κ1) is 17.7. The van der Waals surface area contributed by atoms with Gasteiger partial charge in [0.05, 0.1) is 5.56 Å². The number of ether oxygens (including phenoxy) is 1. The summed E-state index contributed by atoms with van der Waals surface area (Å²) in [5.74, 6) is -3.33. The summed E-state index contributed by atoms with van der Waals surface area (Å²) in [6, 6.07) is 7.01. The normalized spacial score (nSPS) is 10.3. The van der Waals surface area contributed by atoms with E-state index in [0.717, 1.165) is 18.2 Å². The molecule has 0 atom stereocenters. The fourth-order valence-corrected chi connectivity index (χ4v) is 2.10. The molecular weight excluding hydrogens is 344 g/mol. The highest BCUT2D eigenvalue weighted by atomic mass is 35.5. The third-order valence-electron chi connectivity index (χ3n) is 2.91. The second-order valence-electron chi connectivity index (χ2n) is 4.78. The topological polar surface area (TPSA) is 75.6 Å². The third kappa shape index (κ3) is 4.92. The van der Waals surface area contributed by atoms with Crippen LogP contribution in [0.15, 0.2) is 36.4 Å². The van der Waals surface area contributed by atoms with E-state index >= 15 is 0 Å². The Kier molecular flexibility index (Phi) is 5.70. The van der Waals surface area contributed by atoms with Crippen molar-refractivity contribution in [1.29, 1.82) is 0 Å². The van der Waals surface area contributed by atoms with Gasteiger partial charge in [0, 0.05) is 17.6 Å². The summed E-state index contributed by atoms with van der Waals surface area (Å²) in [7, 11) is 0. The lowest BCUT2D eigenvalue weighted by molar-refractivity contribution is -0.139. The molecule has 2 N–H and O–H groups in total. The molecule has 2 aromatic rings. The smallest absolute Gasteiger partial charge is 0.341 e. The molecule has 5 nitrogen and oxygen atoms in total. The maximum absolute atomic E-state index is 13.1. The number of carboxylic acid groups (broad SMARTS) is 1. The van der Waals surface area contributed by atoms with E-state index in [1.54, 1.807) is 0 Å². The molecule has 24 heavy (non-hydrogen) atoms. The average molecular weight is 356 g/mol. The molecule has 0 radical (unpaired) electrons. The molecule has 1 amide bonds. The van der Waals surface area contributed by atoms with E-state index in [0.29, 0.717) is 0 Å². The minimum absolute atomic E-state index is 0.00665. The lowest BCUT2D eigenvalue weighted by Gasteiger charge is -2.11. The van der Waals surface area contributed by atoms with Gasteiger partial charge in [-0.25, -0.2) is 13.6 Å². The second-order valence-corrected chi connectivity index (χ2v) is 5.22. The molecule has 0 saturated heterocycles. The Morgan fingerprint density at radius 3 is 2.42 bits per heavy atom. The van der Waals surface area contributed by atoms with Gasteiger partial charge < -0.3 is 15.2 Å². The first-order chi connectivity index (χ1) is 11.3. The van der Waals surface area contributed by atoms with Crippen LogP contribution < -0.4 is 10.1 Å². The minimum Gasteiger partial charge on any atom is -0.481 e. The summed E-state index contributed by atoms with van der Waals surface area (Å²) in [5.41, 5.74) is 0.292. The van der Waals surface area contributed by atoms with Crippen LogP contribution in [0.3, 0.4) is 0 Å². The number of carboxylic acids is 1. The molecule has 0 fully saturated rings. The van der Waals surface area contributed by atoms with Crippen molar-refractivity contribution in [3.63, 3.8) is 0 Å². The van der Waals surface area contributed by atoms with Gasteiger partial charge in [-0.05, 0) is 35.9 Å². The summed E-state index contributed by atoms with van der Waals surface area (Å²) in [5, 5.41) is 11.4. The predicted octanol–water partition coefficient (Wildman–Crippen LogP) is 3.01. The first-order valence-corrected chi connectivity index (χ1v) is 7.10. The summed E-state index contributed by atoms with van der Waals surface area (Å²) >= 11 is 5.80. The Morgan fingerprint density at radius 1 is 1.12 bits per heavy atom. The number of carbonyl (C=O) groups excluding carboxylic acids is 1. The van der Waals surface area contributed by atoms with Gasteiger partial charge in [0.25, 0.3) is 5.91 Å². The van der Waals surface area contributed by atoms with Crippen LogP contribution in [0.1, 0.15) is 15.9 Å². The molecule has 0 bridgehead atoms. The van der Waals surface area contributed by atoms with E-state index in [4.69, 9.17) is 21.4 Å². The molecule has 0 unspecified atom stereocenters. The van der Waals surface area contributed by atoms with Gasteiger partial charge in [-0.3, -0.25) is 4.79 Å². The lowest BCUT2D eigenvalue weighted by Crippen LogP contribution is -2.24. The number of aliphatic carboxylic acids is 1. The van der Waals surface area contributed by atoms with Crippen molar-refractivity contribution >= 4 is 23.5 Å². The van der Waals surface area contributed by atoms with Crippen molar-refractivity contribution < 1.29 is 28.2 Å². The van der Waals surface area contributed by atoms with Crippen LogP contribution in [-0.4, -0.2) is 23.6 Å². The largest absolute Gasteiger partial charge is 0.481 e. The molecule has 126 valence electrons. The highest BCUT2D eigenvalue weighted by Gasteiger charge is 2.14. The van der Waals surface area contributed by atoms with Crippen LogP contribution in [0.2, 0.25) is 5.02 Å². The van der Waals surface area contributed by atoms with E-state index < -0.39 is 30.1 Å². The number of hydrogen-bond acceptors (Lipinski definition) is 3. The van der Waals surface area contributed by atoms with Gasteiger partial charge in [-0.15, -0.1) is 0 Å². The van der Waals surface area contributed by atoms with E-state index in [2.05, 4.69) is 5.32 Å². The zero-order valence-electron chi connectivity index (χ0n) is 12.2. The van der Waals surface area contributed by atoms with Crippen LogP contribution in [0.4, 0.5) is 8.78 Å². The number of halogens is 3. The third-order valence-corrected chi connectivity index (χ3v) is 3.15. The van der Waals surface area contributed by atoms with Crippen LogP contribution in [0.25, 0.3) is 0 Å². The van der Waals surface area contributed by atoms with Gasteiger partial charge in [-0.1, -0.05) is 11.6 Å². The monoisotopic (exact) mass is 355 g/mol. The Labute approximate surface area is 140 Å². The highest BCUT2D eigenvalue weighted by molar-refractivity contribution is 6.30. The van der Waals surface area contributed by atoms with Gasteiger partial charge >= 0.3 is 5.97 Å². The maximum Gasteiger partial charge on any atom is 0.341 e. The molecule has 2 rings (SSSR count). The standard InChI is InChI=1S/C16H12ClF2NO4/c17-10-1-2-13(14(5-10)24-8-15(21)22)16(23)20-7-9-3-11(18)6-12(19)4-9/h1-6H,7-8H2,(H,20,23)(H,21,22). The number of benzene rings is 2. The zero-order valence-corrected chi connectivity index (χ0v) is 12.9. The van der Waals surface area contributed by atoms with Gasteiger partial charge in [0.1, 0.15) is 17.4 Å². The molecule has 0 saturated carbocycles. The maximum atomic E-state index is 13.1. The second kappa shape index (κ2) is 7.74. The number of rotatable bonds is 6. The van der Waals surface area contributed by atoms with Crippen molar-refractivity contribution in [3.05, 3.63) is 64.2 Å². The quantitative estimate of drug-likeness (QED) is 0.835. The van der Waals surface area contributed by atoms with Crippen LogP contribution >= 0.6 is 11.6 Å². The van der Waals surface area contributed by atoms with Crippen molar-refractivity contribution in [3.8, 4) is 5.75 Å². The Balaban J connectivity index is 2.12. The fraction of sp³-hybridized carbons (Fsp3) is 0.125. The molecule has 0 aliphatic carbocycles. The minimum atomic E-state index is -1.21. The number of nitrogens with one attached hydrogen (secondary N) is 1. The molecule has 0 aliphatic rings. The zero-order chi connectivity index (χ0) is 17.7.